The maximum atomic E-state index is 12.0. The van der Waals surface area contributed by atoms with Crippen molar-refractivity contribution >= 4 is 17.7 Å². The second-order valence-electron chi connectivity index (χ2n) is 8.07. The van der Waals surface area contributed by atoms with Crippen LogP contribution in [0.1, 0.15) is 39.2 Å². The number of carbonyl (C=O) groups excluding carboxylic acids is 1. The maximum absolute atomic E-state index is 12.0. The average Bonchev–Trinajstić information content (AvgIpc) is 3.38. The van der Waals surface area contributed by atoms with Crippen molar-refractivity contribution in [2.24, 2.45) is 5.92 Å². The molecule has 1 heterocycles. The largest absolute Gasteiger partial charge is 0.355 e. The third kappa shape index (κ3) is 5.22. The van der Waals surface area contributed by atoms with Crippen molar-refractivity contribution < 1.29 is 4.79 Å². The molecule has 144 valence electrons. The molecule has 27 heavy (non-hydrogen) atoms. The van der Waals surface area contributed by atoms with Crippen molar-refractivity contribution in [3.8, 4) is 11.4 Å². The first-order valence-electron chi connectivity index (χ1n) is 9.43. The van der Waals surface area contributed by atoms with E-state index in [0.717, 1.165) is 23.1 Å². The van der Waals surface area contributed by atoms with E-state index in [1.54, 1.807) is 0 Å². The lowest BCUT2D eigenvalue weighted by atomic mass is 9.87. The van der Waals surface area contributed by atoms with E-state index in [4.69, 9.17) is 0 Å². The van der Waals surface area contributed by atoms with Gasteiger partial charge in [-0.25, -0.2) is 0 Å². The Morgan fingerprint density at radius 2 is 2.00 bits per heavy atom. The minimum atomic E-state index is 0.0520. The summed E-state index contributed by atoms with van der Waals surface area (Å²) in [6, 6.07) is 8.45. The first-order chi connectivity index (χ1) is 12.9. The van der Waals surface area contributed by atoms with Gasteiger partial charge in [-0.1, -0.05) is 62.9 Å². The number of aromatic nitrogens is 3. The van der Waals surface area contributed by atoms with E-state index in [0.29, 0.717) is 18.2 Å². The summed E-state index contributed by atoms with van der Waals surface area (Å²) in [7, 11) is 0. The van der Waals surface area contributed by atoms with Gasteiger partial charge in [0, 0.05) is 18.7 Å². The monoisotopic (exact) mass is 384 g/mol. The van der Waals surface area contributed by atoms with Crippen molar-refractivity contribution in [1.29, 1.82) is 0 Å². The van der Waals surface area contributed by atoms with Crippen LogP contribution >= 0.6 is 11.8 Å². The number of benzene rings is 1. The number of thioether (sulfide) groups is 1. The summed E-state index contributed by atoms with van der Waals surface area (Å²) in [5.41, 5.74) is 2.41. The molecule has 1 aliphatic rings. The summed E-state index contributed by atoms with van der Waals surface area (Å²) in [6.07, 6.45) is 4.30. The molecule has 3 rings (SSSR count). The van der Waals surface area contributed by atoms with E-state index in [1.807, 2.05) is 10.6 Å². The lowest BCUT2D eigenvalue weighted by molar-refractivity contribution is -0.118. The fourth-order valence-electron chi connectivity index (χ4n) is 2.78. The van der Waals surface area contributed by atoms with E-state index in [-0.39, 0.29) is 11.3 Å². The van der Waals surface area contributed by atoms with Gasteiger partial charge in [0.05, 0.1) is 5.75 Å². The van der Waals surface area contributed by atoms with Crippen molar-refractivity contribution in [2.75, 3.05) is 12.3 Å². The summed E-state index contributed by atoms with van der Waals surface area (Å²) in [6.45, 7) is 11.8. The van der Waals surface area contributed by atoms with Gasteiger partial charge < -0.3 is 5.32 Å². The number of amides is 1. The number of nitrogens with zero attached hydrogens (tertiary/aromatic N) is 3. The summed E-state index contributed by atoms with van der Waals surface area (Å²) >= 11 is 1.42. The lowest BCUT2D eigenvalue weighted by Crippen LogP contribution is -2.27. The highest BCUT2D eigenvalue weighted by Crippen LogP contribution is 2.29. The first kappa shape index (κ1) is 19.7. The van der Waals surface area contributed by atoms with Crippen LogP contribution in [0.25, 0.3) is 11.4 Å². The van der Waals surface area contributed by atoms with Gasteiger partial charge >= 0.3 is 0 Å². The molecule has 0 spiro atoms. The van der Waals surface area contributed by atoms with Crippen molar-refractivity contribution in [1.82, 2.24) is 20.1 Å². The second-order valence-corrected chi connectivity index (χ2v) is 9.01. The maximum Gasteiger partial charge on any atom is 0.230 e. The van der Waals surface area contributed by atoms with Gasteiger partial charge in [0.15, 0.2) is 11.0 Å². The Morgan fingerprint density at radius 3 is 2.59 bits per heavy atom. The van der Waals surface area contributed by atoms with Gasteiger partial charge in [-0.2, -0.15) is 0 Å². The number of rotatable bonds is 8. The van der Waals surface area contributed by atoms with Gasteiger partial charge in [0.1, 0.15) is 0 Å². The van der Waals surface area contributed by atoms with E-state index >= 15 is 0 Å². The average molecular weight is 385 g/mol. The Morgan fingerprint density at radius 1 is 1.30 bits per heavy atom. The number of allylic oxidation sites excluding steroid dienone is 1. The van der Waals surface area contributed by atoms with Gasteiger partial charge in [-0.05, 0) is 29.7 Å². The predicted molar refractivity (Wildman–Crippen MR) is 111 cm³/mol. The van der Waals surface area contributed by atoms with Crippen LogP contribution in [-0.4, -0.2) is 33.0 Å². The number of hydrogen-bond donors (Lipinski definition) is 1. The zero-order valence-electron chi connectivity index (χ0n) is 16.4. The van der Waals surface area contributed by atoms with Crippen LogP contribution in [0.2, 0.25) is 0 Å². The molecular weight excluding hydrogens is 356 g/mol. The molecule has 1 amide bonds. The van der Waals surface area contributed by atoms with Gasteiger partial charge in [-0.15, -0.1) is 16.8 Å². The van der Waals surface area contributed by atoms with Crippen molar-refractivity contribution in [3.05, 3.63) is 42.5 Å². The summed E-state index contributed by atoms with van der Waals surface area (Å²) < 4.78 is 2.01. The number of hydrogen-bond acceptors (Lipinski definition) is 4. The molecule has 1 aromatic carbocycles. The lowest BCUT2D eigenvalue weighted by Gasteiger charge is -2.19. The van der Waals surface area contributed by atoms with E-state index < -0.39 is 0 Å². The van der Waals surface area contributed by atoms with Crippen LogP contribution in [0.3, 0.4) is 0 Å². The topological polar surface area (TPSA) is 59.8 Å². The molecule has 1 aliphatic carbocycles. The zero-order chi connectivity index (χ0) is 19.4. The molecule has 0 atom stereocenters. The van der Waals surface area contributed by atoms with E-state index in [2.05, 4.69) is 67.1 Å². The third-order valence-electron chi connectivity index (χ3n) is 4.65. The molecule has 2 aromatic rings. The second kappa shape index (κ2) is 8.30. The standard InChI is InChI=1S/C21H28N4OS/c1-5-12-25-19(16-8-10-17(11-9-16)21(2,3)4)23-24-20(25)27-14-18(26)22-13-15-6-7-15/h5,8-11,15H,1,6-7,12-14H2,2-4H3,(H,22,26). The SMILES string of the molecule is C=CCn1c(SCC(=O)NCC2CC2)nnc1-c1ccc(C(C)(C)C)cc1. The van der Waals surface area contributed by atoms with E-state index in [1.165, 1.54) is 30.2 Å². The normalized spacial score (nSPS) is 14.2. The summed E-state index contributed by atoms with van der Waals surface area (Å²) in [4.78, 5) is 12.0. The smallest absolute Gasteiger partial charge is 0.230 e. The molecule has 5 nitrogen and oxygen atoms in total. The van der Waals surface area contributed by atoms with E-state index in [9.17, 15) is 4.79 Å². The molecule has 1 fully saturated rings. The molecular formula is C21H28N4OS. The predicted octanol–water partition coefficient (Wildman–Crippen LogP) is 4.05. The molecule has 0 bridgehead atoms. The van der Waals surface area contributed by atoms with Crippen LogP contribution in [0, 0.1) is 5.92 Å². The molecule has 0 saturated heterocycles. The highest BCUT2D eigenvalue weighted by molar-refractivity contribution is 7.99. The van der Waals surface area contributed by atoms with Crippen LogP contribution in [0.5, 0.6) is 0 Å². The minimum absolute atomic E-state index is 0.0520. The van der Waals surface area contributed by atoms with Crippen molar-refractivity contribution in [2.45, 2.75) is 50.7 Å². The van der Waals surface area contributed by atoms with Crippen LogP contribution < -0.4 is 5.32 Å². The molecule has 6 heteroatoms. The Bertz CT molecular complexity index is 801. The zero-order valence-corrected chi connectivity index (χ0v) is 17.2. The van der Waals surface area contributed by atoms with Crippen LogP contribution in [0.15, 0.2) is 42.1 Å². The van der Waals surface area contributed by atoms with Crippen molar-refractivity contribution in [3.63, 3.8) is 0 Å². The molecule has 0 unspecified atom stereocenters. The Kier molecular flexibility index (Phi) is 6.05. The quantitative estimate of drug-likeness (QED) is 0.551. The summed E-state index contributed by atoms with van der Waals surface area (Å²) in [5, 5.41) is 12.4. The minimum Gasteiger partial charge on any atom is -0.355 e. The Hall–Kier alpha value is -2.08. The highest BCUT2D eigenvalue weighted by Gasteiger charge is 2.22. The third-order valence-corrected chi connectivity index (χ3v) is 5.62. The Balaban J connectivity index is 1.72. The molecule has 1 aromatic heterocycles. The molecule has 1 saturated carbocycles. The van der Waals surface area contributed by atoms with Gasteiger partial charge in [0.25, 0.3) is 0 Å². The number of carbonyl (C=O) groups is 1. The van der Waals surface area contributed by atoms with Crippen LogP contribution in [0.4, 0.5) is 0 Å². The molecule has 1 N–H and O–H groups in total. The fraction of sp³-hybridized carbons (Fsp3) is 0.476. The fourth-order valence-corrected chi connectivity index (χ4v) is 3.56. The van der Waals surface area contributed by atoms with Gasteiger partial charge in [-0.3, -0.25) is 9.36 Å². The summed E-state index contributed by atoms with van der Waals surface area (Å²) in [5.74, 6) is 1.89. The Labute approximate surface area is 165 Å². The molecule has 0 radical (unpaired) electrons. The van der Waals surface area contributed by atoms with Crippen LogP contribution in [-0.2, 0) is 16.8 Å². The van der Waals surface area contributed by atoms with Gasteiger partial charge in [0.2, 0.25) is 5.91 Å². The first-order valence-corrected chi connectivity index (χ1v) is 10.4. The molecule has 0 aliphatic heterocycles. The number of nitrogens with one attached hydrogen (secondary N) is 1. The highest BCUT2D eigenvalue weighted by atomic mass is 32.2.